The minimum absolute atomic E-state index is 0.633. The Kier molecular flexibility index (Phi) is 3.84. The molecule has 4 heteroatoms. The minimum Gasteiger partial charge on any atom is -0.351 e. The van der Waals surface area contributed by atoms with Crippen LogP contribution in [0, 0.1) is 12.8 Å². The third-order valence-corrected chi connectivity index (χ3v) is 3.49. The summed E-state index contributed by atoms with van der Waals surface area (Å²) in [5, 5.41) is 3.39. The molecule has 2 aromatic heterocycles. The van der Waals surface area contributed by atoms with Crippen LogP contribution in [0.5, 0.6) is 0 Å². The molecule has 0 saturated heterocycles. The van der Waals surface area contributed by atoms with Crippen LogP contribution in [0.25, 0.3) is 0 Å². The highest BCUT2D eigenvalue weighted by atomic mass is 32.1. The van der Waals surface area contributed by atoms with Crippen molar-refractivity contribution >= 4 is 17.3 Å². The van der Waals surface area contributed by atoms with Crippen LogP contribution in [0.1, 0.15) is 23.6 Å². The van der Waals surface area contributed by atoms with E-state index in [0.29, 0.717) is 5.92 Å². The van der Waals surface area contributed by atoms with Crippen molar-refractivity contribution in [3.63, 3.8) is 0 Å². The van der Waals surface area contributed by atoms with E-state index in [2.05, 4.69) is 47.8 Å². The molecule has 0 aromatic carbocycles. The average Bonchev–Trinajstić information content (AvgIpc) is 2.84. The lowest BCUT2D eigenvalue weighted by atomic mass is 10.2. The Morgan fingerprint density at radius 2 is 2.24 bits per heavy atom. The van der Waals surface area contributed by atoms with Crippen LogP contribution in [-0.2, 0) is 13.1 Å². The number of thiophene rings is 1. The Morgan fingerprint density at radius 3 is 2.88 bits per heavy atom. The number of imidazole rings is 1. The smallest absolute Gasteiger partial charge is 0.203 e. The Balaban J connectivity index is 1.97. The van der Waals surface area contributed by atoms with Gasteiger partial charge in [-0.25, -0.2) is 4.98 Å². The molecule has 0 atom stereocenters. The van der Waals surface area contributed by atoms with Crippen molar-refractivity contribution in [1.82, 2.24) is 9.55 Å². The van der Waals surface area contributed by atoms with Crippen molar-refractivity contribution in [2.45, 2.75) is 33.9 Å². The maximum Gasteiger partial charge on any atom is 0.203 e. The van der Waals surface area contributed by atoms with Crippen LogP contribution in [-0.4, -0.2) is 9.55 Å². The molecule has 0 aliphatic heterocycles. The molecule has 2 heterocycles. The van der Waals surface area contributed by atoms with E-state index in [-0.39, 0.29) is 0 Å². The van der Waals surface area contributed by atoms with Gasteiger partial charge in [0.2, 0.25) is 5.95 Å². The lowest BCUT2D eigenvalue weighted by molar-refractivity contribution is 0.526. The van der Waals surface area contributed by atoms with E-state index in [0.717, 1.165) is 19.0 Å². The fourth-order valence-electron chi connectivity index (χ4n) is 1.76. The fraction of sp³-hybridized carbons (Fsp3) is 0.462. The summed E-state index contributed by atoms with van der Waals surface area (Å²) in [5.41, 5.74) is 0. The molecular weight excluding hydrogens is 230 g/mol. The van der Waals surface area contributed by atoms with Crippen molar-refractivity contribution in [1.29, 1.82) is 0 Å². The number of aromatic nitrogens is 2. The third kappa shape index (κ3) is 3.33. The number of nitrogens with one attached hydrogen (secondary N) is 1. The van der Waals surface area contributed by atoms with Gasteiger partial charge in [-0.2, -0.15) is 0 Å². The standard InChI is InChI=1S/C13H19N3S/c1-10(2)9-16-7-6-14-13(16)15-8-12-5-4-11(3)17-12/h4-7,10H,8-9H2,1-3H3,(H,14,15). The number of hydrogen-bond acceptors (Lipinski definition) is 3. The molecule has 2 aromatic rings. The summed E-state index contributed by atoms with van der Waals surface area (Å²) < 4.78 is 2.17. The van der Waals surface area contributed by atoms with E-state index in [1.54, 1.807) is 0 Å². The van der Waals surface area contributed by atoms with E-state index in [9.17, 15) is 0 Å². The van der Waals surface area contributed by atoms with E-state index >= 15 is 0 Å². The van der Waals surface area contributed by atoms with E-state index in [1.807, 2.05) is 23.7 Å². The molecule has 1 N–H and O–H groups in total. The normalized spacial score (nSPS) is 11.1. The van der Waals surface area contributed by atoms with Gasteiger partial charge >= 0.3 is 0 Å². The first-order chi connectivity index (χ1) is 8.15. The molecule has 3 nitrogen and oxygen atoms in total. The first-order valence-electron chi connectivity index (χ1n) is 5.95. The van der Waals surface area contributed by atoms with E-state index in [4.69, 9.17) is 0 Å². The summed E-state index contributed by atoms with van der Waals surface area (Å²) in [6, 6.07) is 4.32. The van der Waals surface area contributed by atoms with Gasteiger partial charge in [0.1, 0.15) is 0 Å². The van der Waals surface area contributed by atoms with Crippen LogP contribution in [0.15, 0.2) is 24.5 Å². The van der Waals surface area contributed by atoms with Crippen LogP contribution in [0.4, 0.5) is 5.95 Å². The van der Waals surface area contributed by atoms with Crippen LogP contribution < -0.4 is 5.32 Å². The Morgan fingerprint density at radius 1 is 1.41 bits per heavy atom. The van der Waals surface area contributed by atoms with E-state index in [1.165, 1.54) is 9.75 Å². The number of hydrogen-bond donors (Lipinski definition) is 1. The Labute approximate surface area is 107 Å². The molecule has 0 unspecified atom stereocenters. The predicted molar refractivity (Wildman–Crippen MR) is 73.4 cm³/mol. The summed E-state index contributed by atoms with van der Waals surface area (Å²) >= 11 is 1.83. The summed E-state index contributed by atoms with van der Waals surface area (Å²) in [7, 11) is 0. The first-order valence-corrected chi connectivity index (χ1v) is 6.77. The highest BCUT2D eigenvalue weighted by Crippen LogP contribution is 2.16. The number of rotatable bonds is 5. The molecule has 0 spiro atoms. The maximum absolute atomic E-state index is 4.35. The van der Waals surface area contributed by atoms with Gasteiger partial charge in [0.25, 0.3) is 0 Å². The molecule has 0 radical (unpaired) electrons. The monoisotopic (exact) mass is 249 g/mol. The van der Waals surface area contributed by atoms with Gasteiger partial charge in [0.05, 0.1) is 6.54 Å². The van der Waals surface area contributed by atoms with Gasteiger partial charge in [0.15, 0.2) is 0 Å². The second-order valence-corrected chi connectivity index (χ2v) is 6.04. The van der Waals surface area contributed by atoms with Gasteiger partial charge in [-0.05, 0) is 25.0 Å². The third-order valence-electron chi connectivity index (χ3n) is 2.49. The van der Waals surface area contributed by atoms with Crippen LogP contribution in [0.3, 0.4) is 0 Å². The topological polar surface area (TPSA) is 29.9 Å². The van der Waals surface area contributed by atoms with Crippen molar-refractivity contribution < 1.29 is 0 Å². The molecule has 0 amide bonds. The van der Waals surface area contributed by atoms with Gasteiger partial charge in [0, 0.05) is 28.7 Å². The maximum atomic E-state index is 4.35. The fourth-order valence-corrected chi connectivity index (χ4v) is 2.59. The van der Waals surface area contributed by atoms with E-state index < -0.39 is 0 Å². The molecule has 0 saturated carbocycles. The highest BCUT2D eigenvalue weighted by molar-refractivity contribution is 7.11. The molecule has 92 valence electrons. The molecular formula is C13H19N3S. The van der Waals surface area contributed by atoms with Crippen molar-refractivity contribution in [2.75, 3.05) is 5.32 Å². The quantitative estimate of drug-likeness (QED) is 0.878. The van der Waals surface area contributed by atoms with Gasteiger partial charge in [-0.3, -0.25) is 0 Å². The molecule has 17 heavy (non-hydrogen) atoms. The molecule has 0 aliphatic rings. The van der Waals surface area contributed by atoms with Crippen molar-refractivity contribution in [2.24, 2.45) is 5.92 Å². The zero-order valence-electron chi connectivity index (χ0n) is 10.6. The average molecular weight is 249 g/mol. The minimum atomic E-state index is 0.633. The SMILES string of the molecule is Cc1ccc(CNc2nccn2CC(C)C)s1. The van der Waals surface area contributed by atoms with Crippen molar-refractivity contribution in [3.8, 4) is 0 Å². The lowest BCUT2D eigenvalue weighted by Gasteiger charge is -2.11. The van der Waals surface area contributed by atoms with Gasteiger partial charge in [-0.15, -0.1) is 11.3 Å². The van der Waals surface area contributed by atoms with Gasteiger partial charge < -0.3 is 9.88 Å². The summed E-state index contributed by atoms with van der Waals surface area (Å²) in [5.74, 6) is 1.60. The molecule has 0 fully saturated rings. The second-order valence-electron chi connectivity index (χ2n) is 4.66. The summed E-state index contributed by atoms with van der Waals surface area (Å²) in [4.78, 5) is 7.05. The number of aryl methyl sites for hydroxylation is 1. The number of anilines is 1. The number of nitrogens with zero attached hydrogens (tertiary/aromatic N) is 2. The Hall–Kier alpha value is -1.29. The second kappa shape index (κ2) is 5.36. The van der Waals surface area contributed by atoms with Gasteiger partial charge in [-0.1, -0.05) is 13.8 Å². The summed E-state index contributed by atoms with van der Waals surface area (Å²) in [6.45, 7) is 8.42. The molecule has 0 bridgehead atoms. The Bertz CT molecular complexity index is 470. The molecule has 0 aliphatic carbocycles. The van der Waals surface area contributed by atoms with Crippen molar-refractivity contribution in [3.05, 3.63) is 34.3 Å². The first kappa shape index (κ1) is 12.2. The summed E-state index contributed by atoms with van der Waals surface area (Å²) in [6.07, 6.45) is 3.88. The molecule has 2 rings (SSSR count). The van der Waals surface area contributed by atoms with Crippen LogP contribution in [0.2, 0.25) is 0 Å². The zero-order valence-corrected chi connectivity index (χ0v) is 11.4. The van der Waals surface area contributed by atoms with Crippen LogP contribution >= 0.6 is 11.3 Å². The zero-order chi connectivity index (χ0) is 12.3. The predicted octanol–water partition coefficient (Wildman–Crippen LogP) is 3.52. The lowest BCUT2D eigenvalue weighted by Crippen LogP contribution is -2.09. The largest absolute Gasteiger partial charge is 0.351 e. The highest BCUT2D eigenvalue weighted by Gasteiger charge is 2.04.